The Hall–Kier alpha value is -2.41. The molecule has 0 saturated heterocycles. The summed E-state index contributed by atoms with van der Waals surface area (Å²) in [5.41, 5.74) is 0.178. The summed E-state index contributed by atoms with van der Waals surface area (Å²) >= 11 is 0. The number of carbonyl (C=O) groups is 1. The normalized spacial score (nSPS) is 17.0. The van der Waals surface area contributed by atoms with E-state index in [0.717, 1.165) is 24.8 Å². The summed E-state index contributed by atoms with van der Waals surface area (Å²) in [5.74, 6) is 1.32. The van der Waals surface area contributed by atoms with Crippen molar-refractivity contribution in [2.45, 2.75) is 51.4 Å². The Kier molecular flexibility index (Phi) is 4.53. The van der Waals surface area contributed by atoms with Crippen LogP contribution in [0.25, 0.3) is 0 Å². The number of amides is 1. The van der Waals surface area contributed by atoms with Gasteiger partial charge < -0.3 is 19.7 Å². The first-order valence-electron chi connectivity index (χ1n) is 8.02. The number of carbonyl (C=O) groups excluding carboxylic acids is 1. The molecule has 0 bridgehead atoms. The summed E-state index contributed by atoms with van der Waals surface area (Å²) in [7, 11) is 0. The molecule has 3 rings (SSSR count). The first kappa shape index (κ1) is 16.4. The van der Waals surface area contributed by atoms with E-state index in [1.54, 1.807) is 38.1 Å². The van der Waals surface area contributed by atoms with Gasteiger partial charge in [0, 0.05) is 6.92 Å². The molecule has 1 heterocycles. The number of aryl methyl sites for hydroxylation is 1. The van der Waals surface area contributed by atoms with Crippen LogP contribution in [0, 0.1) is 6.92 Å². The van der Waals surface area contributed by atoms with Gasteiger partial charge in [-0.15, -0.1) is 0 Å². The van der Waals surface area contributed by atoms with E-state index in [-0.39, 0.29) is 12.5 Å². The van der Waals surface area contributed by atoms with Gasteiger partial charge in [-0.3, -0.25) is 4.79 Å². The number of rotatable bonds is 6. The summed E-state index contributed by atoms with van der Waals surface area (Å²) in [6, 6.07) is 7.04. The Morgan fingerprint density at radius 2 is 2.29 bits per heavy atom. The SMILES string of the molecule is Cc1nc(C2(NC(=O)[C@@H](C)Oc3cccc(CO)c3)CCC2)no1. The number of ether oxygens (including phenoxy) is 1. The molecule has 1 atom stereocenters. The zero-order valence-electron chi connectivity index (χ0n) is 13.8. The molecule has 128 valence electrons. The number of aromatic nitrogens is 2. The first-order chi connectivity index (χ1) is 11.5. The van der Waals surface area contributed by atoms with Crippen LogP contribution in [0.5, 0.6) is 5.75 Å². The van der Waals surface area contributed by atoms with Gasteiger partial charge in [0.15, 0.2) is 11.9 Å². The highest BCUT2D eigenvalue weighted by atomic mass is 16.5. The van der Waals surface area contributed by atoms with E-state index in [9.17, 15) is 4.79 Å². The number of nitrogens with zero attached hydrogens (tertiary/aromatic N) is 2. The van der Waals surface area contributed by atoms with E-state index in [2.05, 4.69) is 15.5 Å². The smallest absolute Gasteiger partial charge is 0.261 e. The topological polar surface area (TPSA) is 97.5 Å². The Morgan fingerprint density at radius 1 is 1.50 bits per heavy atom. The van der Waals surface area contributed by atoms with Gasteiger partial charge in [0.2, 0.25) is 5.89 Å². The van der Waals surface area contributed by atoms with Crippen LogP contribution in [0.2, 0.25) is 0 Å². The Bertz CT molecular complexity index is 724. The van der Waals surface area contributed by atoms with Crippen LogP contribution >= 0.6 is 0 Å². The molecule has 0 unspecified atom stereocenters. The fourth-order valence-corrected chi connectivity index (χ4v) is 2.74. The van der Waals surface area contributed by atoms with Crippen LogP contribution < -0.4 is 10.1 Å². The van der Waals surface area contributed by atoms with Gasteiger partial charge in [0.1, 0.15) is 11.3 Å². The molecular weight excluding hydrogens is 310 g/mol. The number of hydrogen-bond donors (Lipinski definition) is 2. The molecule has 2 N–H and O–H groups in total. The first-order valence-corrected chi connectivity index (χ1v) is 8.02. The van der Waals surface area contributed by atoms with Crippen LogP contribution in [0.1, 0.15) is 43.5 Å². The fraction of sp³-hybridized carbons (Fsp3) is 0.471. The average molecular weight is 331 g/mol. The van der Waals surface area contributed by atoms with Gasteiger partial charge in [0.05, 0.1) is 6.61 Å². The minimum atomic E-state index is -0.676. The highest BCUT2D eigenvalue weighted by Crippen LogP contribution is 2.39. The van der Waals surface area contributed by atoms with Gasteiger partial charge in [0.25, 0.3) is 5.91 Å². The van der Waals surface area contributed by atoms with Crippen LogP contribution in [0.4, 0.5) is 0 Å². The lowest BCUT2D eigenvalue weighted by atomic mass is 9.76. The van der Waals surface area contributed by atoms with E-state index < -0.39 is 11.6 Å². The minimum absolute atomic E-state index is 0.0714. The van der Waals surface area contributed by atoms with Gasteiger partial charge >= 0.3 is 0 Å². The highest BCUT2D eigenvalue weighted by molar-refractivity contribution is 5.81. The Morgan fingerprint density at radius 3 is 2.88 bits per heavy atom. The predicted molar refractivity (Wildman–Crippen MR) is 85.2 cm³/mol. The van der Waals surface area contributed by atoms with Crippen molar-refractivity contribution in [3.8, 4) is 5.75 Å². The molecule has 0 radical (unpaired) electrons. The van der Waals surface area contributed by atoms with Crippen LogP contribution in [-0.2, 0) is 16.9 Å². The lowest BCUT2D eigenvalue weighted by Crippen LogP contribution is -2.54. The quantitative estimate of drug-likeness (QED) is 0.838. The van der Waals surface area contributed by atoms with Crippen molar-refractivity contribution in [3.63, 3.8) is 0 Å². The van der Waals surface area contributed by atoms with E-state index in [1.807, 2.05) is 0 Å². The van der Waals surface area contributed by atoms with Gasteiger partial charge in [-0.1, -0.05) is 17.3 Å². The van der Waals surface area contributed by atoms with Crippen molar-refractivity contribution < 1.29 is 19.2 Å². The van der Waals surface area contributed by atoms with E-state index >= 15 is 0 Å². The second-order valence-corrected chi connectivity index (χ2v) is 6.13. The molecule has 2 aromatic rings. The third kappa shape index (κ3) is 3.26. The van der Waals surface area contributed by atoms with Crippen molar-refractivity contribution in [3.05, 3.63) is 41.5 Å². The zero-order chi connectivity index (χ0) is 17.2. The number of aliphatic hydroxyl groups is 1. The number of benzene rings is 1. The monoisotopic (exact) mass is 331 g/mol. The molecule has 1 fully saturated rings. The van der Waals surface area contributed by atoms with Crippen molar-refractivity contribution in [1.29, 1.82) is 0 Å². The van der Waals surface area contributed by atoms with Crippen LogP contribution in [-0.4, -0.2) is 27.3 Å². The minimum Gasteiger partial charge on any atom is -0.481 e. The standard InChI is InChI=1S/C17H21N3O4/c1-11(23-14-6-3-5-13(9-14)10-21)15(22)19-17(7-4-8-17)16-18-12(2)24-20-16/h3,5-6,9,11,21H,4,7-8,10H2,1-2H3,(H,19,22)/t11-/m1/s1. The third-order valence-electron chi connectivity index (χ3n) is 4.29. The largest absolute Gasteiger partial charge is 0.481 e. The lowest BCUT2D eigenvalue weighted by molar-refractivity contribution is -0.130. The molecule has 1 aromatic carbocycles. The molecule has 0 spiro atoms. The van der Waals surface area contributed by atoms with Gasteiger partial charge in [-0.05, 0) is 43.9 Å². The Labute approximate surface area is 140 Å². The fourth-order valence-electron chi connectivity index (χ4n) is 2.74. The summed E-state index contributed by atoms with van der Waals surface area (Å²) in [6.07, 6.45) is 1.89. The molecule has 1 aliphatic carbocycles. The maximum atomic E-state index is 12.5. The number of nitrogens with one attached hydrogen (secondary N) is 1. The molecule has 0 aliphatic heterocycles. The molecule has 1 saturated carbocycles. The van der Waals surface area contributed by atoms with Gasteiger partial charge in [-0.25, -0.2) is 0 Å². The van der Waals surface area contributed by atoms with Crippen molar-refractivity contribution in [1.82, 2.24) is 15.5 Å². The van der Waals surface area contributed by atoms with E-state index in [4.69, 9.17) is 14.4 Å². The second kappa shape index (κ2) is 6.60. The van der Waals surface area contributed by atoms with Crippen molar-refractivity contribution in [2.75, 3.05) is 0 Å². The maximum Gasteiger partial charge on any atom is 0.261 e. The number of aliphatic hydroxyl groups excluding tert-OH is 1. The molecule has 24 heavy (non-hydrogen) atoms. The lowest BCUT2D eigenvalue weighted by Gasteiger charge is -2.40. The third-order valence-corrected chi connectivity index (χ3v) is 4.29. The predicted octanol–water partition coefficient (Wildman–Crippen LogP) is 1.83. The summed E-state index contributed by atoms with van der Waals surface area (Å²) in [6.45, 7) is 3.34. The maximum absolute atomic E-state index is 12.5. The second-order valence-electron chi connectivity index (χ2n) is 6.13. The summed E-state index contributed by atoms with van der Waals surface area (Å²) < 4.78 is 10.7. The van der Waals surface area contributed by atoms with Crippen LogP contribution in [0.15, 0.2) is 28.8 Å². The van der Waals surface area contributed by atoms with E-state index in [0.29, 0.717) is 17.5 Å². The van der Waals surface area contributed by atoms with Crippen molar-refractivity contribution in [2.24, 2.45) is 0 Å². The highest BCUT2D eigenvalue weighted by Gasteiger charge is 2.44. The molecule has 1 aromatic heterocycles. The average Bonchev–Trinajstić information content (AvgIpc) is 2.97. The van der Waals surface area contributed by atoms with Crippen LogP contribution in [0.3, 0.4) is 0 Å². The van der Waals surface area contributed by atoms with Crippen molar-refractivity contribution >= 4 is 5.91 Å². The number of hydrogen-bond acceptors (Lipinski definition) is 6. The molecule has 1 aliphatic rings. The zero-order valence-corrected chi connectivity index (χ0v) is 13.8. The molecule has 7 nitrogen and oxygen atoms in total. The van der Waals surface area contributed by atoms with Gasteiger partial charge in [-0.2, -0.15) is 4.98 Å². The van der Waals surface area contributed by atoms with E-state index in [1.165, 1.54) is 0 Å². The summed E-state index contributed by atoms with van der Waals surface area (Å²) in [4.78, 5) is 16.8. The molecule has 7 heteroatoms. The summed E-state index contributed by atoms with van der Waals surface area (Å²) in [5, 5.41) is 16.1. The Balaban J connectivity index is 1.67. The molecular formula is C17H21N3O4. The molecule has 1 amide bonds.